The zero-order valence-corrected chi connectivity index (χ0v) is 18.2. The molecule has 0 bridgehead atoms. The standard InChI is InChI=1S/C22H25ClN6O3/c23-14-3-1-13(2-4-14)16(5-8-30)28-21(31)22(24)6-7-29-15(9-22)11-32-17-10-25-19-18(17)20(29)27-12-26-19/h1-4,10,12,15-16,30H,5-9,11,24H2,(H,28,31)(H,25,26,27)/t15?,16-,22?/m0/s1. The van der Waals surface area contributed by atoms with Crippen LogP contribution in [0.5, 0.6) is 5.75 Å². The Morgan fingerprint density at radius 1 is 1.41 bits per heavy atom. The van der Waals surface area contributed by atoms with Gasteiger partial charge in [0.25, 0.3) is 0 Å². The summed E-state index contributed by atoms with van der Waals surface area (Å²) in [7, 11) is 0. The summed E-state index contributed by atoms with van der Waals surface area (Å²) < 4.78 is 6.02. The average Bonchev–Trinajstić information content (AvgIpc) is 3.14. The number of nitrogens with zero attached hydrogens (tertiary/aromatic N) is 3. The van der Waals surface area contributed by atoms with Gasteiger partial charge in [-0.25, -0.2) is 9.97 Å². The zero-order chi connectivity index (χ0) is 22.3. The highest BCUT2D eigenvalue weighted by Gasteiger charge is 2.45. The second-order valence-corrected chi connectivity index (χ2v) is 8.87. The van der Waals surface area contributed by atoms with E-state index in [0.717, 1.165) is 22.4 Å². The molecular formula is C22H25ClN6O3. The first-order valence-electron chi connectivity index (χ1n) is 10.7. The first-order valence-corrected chi connectivity index (χ1v) is 11.0. The number of halogens is 1. The summed E-state index contributed by atoms with van der Waals surface area (Å²) in [5.41, 5.74) is 7.21. The molecule has 1 fully saturated rings. The lowest BCUT2D eigenvalue weighted by Gasteiger charge is -2.43. The van der Waals surface area contributed by atoms with Crippen LogP contribution in [0.2, 0.25) is 5.02 Å². The summed E-state index contributed by atoms with van der Waals surface area (Å²) in [6.45, 7) is 0.907. The summed E-state index contributed by atoms with van der Waals surface area (Å²) in [4.78, 5) is 27.4. The van der Waals surface area contributed by atoms with Gasteiger partial charge in [0.15, 0.2) is 0 Å². The summed E-state index contributed by atoms with van der Waals surface area (Å²) in [5.74, 6) is 1.28. The summed E-state index contributed by atoms with van der Waals surface area (Å²) in [6, 6.07) is 6.78. The number of hydrogen-bond donors (Lipinski definition) is 4. The van der Waals surface area contributed by atoms with Crippen molar-refractivity contribution < 1.29 is 14.6 Å². The van der Waals surface area contributed by atoms with E-state index in [0.29, 0.717) is 43.2 Å². The van der Waals surface area contributed by atoms with Crippen molar-refractivity contribution in [2.75, 3.05) is 24.7 Å². The summed E-state index contributed by atoms with van der Waals surface area (Å²) in [6.07, 6.45) is 4.59. The fourth-order valence-electron chi connectivity index (χ4n) is 4.65. The van der Waals surface area contributed by atoms with Gasteiger partial charge in [-0.15, -0.1) is 0 Å². The highest BCUT2D eigenvalue weighted by atomic mass is 35.5. The number of fused-ring (bicyclic) bond motifs is 2. The minimum Gasteiger partial charge on any atom is -0.489 e. The van der Waals surface area contributed by atoms with E-state index in [2.05, 4.69) is 25.2 Å². The quantitative estimate of drug-likeness (QED) is 0.461. The Balaban J connectivity index is 1.35. The van der Waals surface area contributed by atoms with Gasteiger partial charge in [0.1, 0.15) is 35.5 Å². The molecule has 0 saturated carbocycles. The van der Waals surface area contributed by atoms with Crippen LogP contribution in [0.4, 0.5) is 5.82 Å². The largest absolute Gasteiger partial charge is 0.489 e. The number of nitrogens with two attached hydrogens (primary N) is 1. The molecule has 4 heterocycles. The number of benzene rings is 1. The number of piperidine rings is 1. The molecule has 9 nitrogen and oxygen atoms in total. The Bertz CT molecular complexity index is 1140. The van der Waals surface area contributed by atoms with Crippen molar-refractivity contribution in [3.8, 4) is 5.75 Å². The highest BCUT2D eigenvalue weighted by molar-refractivity contribution is 6.30. The minimum atomic E-state index is -1.06. The number of aromatic nitrogens is 3. The van der Waals surface area contributed by atoms with Crippen LogP contribution in [0.15, 0.2) is 36.8 Å². The Labute approximate surface area is 189 Å². The topological polar surface area (TPSA) is 129 Å². The monoisotopic (exact) mass is 456 g/mol. The second-order valence-electron chi connectivity index (χ2n) is 8.43. The van der Waals surface area contributed by atoms with E-state index < -0.39 is 5.54 Å². The maximum atomic E-state index is 13.3. The second kappa shape index (κ2) is 8.23. The third kappa shape index (κ3) is 3.66. The minimum absolute atomic E-state index is 0.0582. The Kier molecular flexibility index (Phi) is 5.40. The van der Waals surface area contributed by atoms with E-state index in [-0.39, 0.29) is 24.6 Å². The number of amides is 1. The van der Waals surface area contributed by atoms with Crippen molar-refractivity contribution in [2.24, 2.45) is 5.73 Å². The first-order chi connectivity index (χ1) is 15.5. The molecule has 10 heteroatoms. The van der Waals surface area contributed by atoms with E-state index in [1.165, 1.54) is 6.33 Å². The SMILES string of the molecule is NC1(C(=O)N[C@@H](CCO)c2ccc(Cl)cc2)CCN2c3ncnc4[nH]cc(c34)OCC2C1. The zero-order valence-electron chi connectivity index (χ0n) is 17.4. The molecule has 1 aromatic carbocycles. The average molecular weight is 457 g/mol. The molecule has 3 atom stereocenters. The normalized spacial score (nSPS) is 23.2. The van der Waals surface area contributed by atoms with Gasteiger partial charge in [-0.2, -0.15) is 0 Å². The number of aromatic amines is 1. The lowest BCUT2D eigenvalue weighted by atomic mass is 9.82. The molecule has 5 rings (SSSR count). The number of rotatable bonds is 5. The molecular weight excluding hydrogens is 432 g/mol. The van der Waals surface area contributed by atoms with Crippen molar-refractivity contribution >= 4 is 34.4 Å². The maximum absolute atomic E-state index is 13.3. The van der Waals surface area contributed by atoms with E-state index in [4.69, 9.17) is 22.1 Å². The molecule has 0 spiro atoms. The number of anilines is 1. The van der Waals surface area contributed by atoms with Crippen molar-refractivity contribution in [2.45, 2.75) is 36.9 Å². The number of aliphatic hydroxyl groups is 1. The van der Waals surface area contributed by atoms with Gasteiger partial charge in [-0.3, -0.25) is 4.79 Å². The number of nitrogens with one attached hydrogen (secondary N) is 2. The Morgan fingerprint density at radius 2 is 2.22 bits per heavy atom. The van der Waals surface area contributed by atoms with Crippen LogP contribution in [0, 0.1) is 0 Å². The number of ether oxygens (including phenoxy) is 1. The van der Waals surface area contributed by atoms with Gasteiger partial charge in [0, 0.05) is 24.4 Å². The number of H-pyrrole nitrogens is 1. The third-order valence-electron chi connectivity index (χ3n) is 6.40. The van der Waals surface area contributed by atoms with Crippen LogP contribution < -0.4 is 20.7 Å². The highest BCUT2D eigenvalue weighted by Crippen LogP contribution is 2.39. The third-order valence-corrected chi connectivity index (χ3v) is 6.66. The van der Waals surface area contributed by atoms with Crippen LogP contribution in [-0.4, -0.2) is 57.3 Å². The van der Waals surface area contributed by atoms with E-state index in [1.807, 2.05) is 12.1 Å². The van der Waals surface area contributed by atoms with E-state index in [1.54, 1.807) is 18.3 Å². The Morgan fingerprint density at radius 3 is 3.00 bits per heavy atom. The maximum Gasteiger partial charge on any atom is 0.240 e. The molecule has 168 valence electrons. The number of carbonyl (C=O) groups is 1. The molecule has 0 radical (unpaired) electrons. The molecule has 5 N–H and O–H groups in total. The van der Waals surface area contributed by atoms with Crippen LogP contribution in [0.1, 0.15) is 30.9 Å². The molecule has 1 amide bonds. The van der Waals surface area contributed by atoms with Crippen molar-refractivity contribution in [1.29, 1.82) is 0 Å². The lowest BCUT2D eigenvalue weighted by molar-refractivity contribution is -0.128. The predicted octanol–water partition coefficient (Wildman–Crippen LogP) is 1.91. The molecule has 32 heavy (non-hydrogen) atoms. The first kappa shape index (κ1) is 21.0. The van der Waals surface area contributed by atoms with E-state index in [9.17, 15) is 9.90 Å². The van der Waals surface area contributed by atoms with Crippen molar-refractivity contribution in [1.82, 2.24) is 20.3 Å². The number of carbonyl (C=O) groups excluding carboxylic acids is 1. The lowest BCUT2D eigenvalue weighted by Crippen LogP contribution is -2.63. The fourth-order valence-corrected chi connectivity index (χ4v) is 4.78. The van der Waals surface area contributed by atoms with Gasteiger partial charge in [0.05, 0.1) is 17.6 Å². The summed E-state index contributed by atoms with van der Waals surface area (Å²) in [5, 5.41) is 14.0. The fraction of sp³-hybridized carbons (Fsp3) is 0.409. The van der Waals surface area contributed by atoms with Gasteiger partial charge in [-0.05, 0) is 37.0 Å². The van der Waals surface area contributed by atoms with Gasteiger partial charge >= 0.3 is 0 Å². The van der Waals surface area contributed by atoms with Gasteiger partial charge in [-0.1, -0.05) is 23.7 Å². The predicted molar refractivity (Wildman–Crippen MR) is 121 cm³/mol. The molecule has 2 aliphatic rings. The van der Waals surface area contributed by atoms with Crippen LogP contribution in [-0.2, 0) is 4.79 Å². The molecule has 1 saturated heterocycles. The van der Waals surface area contributed by atoms with Crippen LogP contribution >= 0.6 is 11.6 Å². The summed E-state index contributed by atoms with van der Waals surface area (Å²) >= 11 is 5.99. The van der Waals surface area contributed by atoms with Gasteiger partial charge in [0.2, 0.25) is 5.91 Å². The van der Waals surface area contributed by atoms with E-state index >= 15 is 0 Å². The molecule has 2 aliphatic heterocycles. The van der Waals surface area contributed by atoms with Crippen LogP contribution in [0.3, 0.4) is 0 Å². The Hall–Kier alpha value is -2.88. The van der Waals surface area contributed by atoms with Crippen molar-refractivity contribution in [3.05, 3.63) is 47.4 Å². The smallest absolute Gasteiger partial charge is 0.240 e. The molecule has 3 aromatic rings. The molecule has 0 aliphatic carbocycles. The number of aliphatic hydroxyl groups excluding tert-OH is 1. The van der Waals surface area contributed by atoms with Gasteiger partial charge < -0.3 is 30.8 Å². The van der Waals surface area contributed by atoms with Crippen LogP contribution in [0.25, 0.3) is 11.0 Å². The molecule has 2 aromatic heterocycles. The van der Waals surface area contributed by atoms with Crippen molar-refractivity contribution in [3.63, 3.8) is 0 Å². The molecule has 2 unspecified atom stereocenters. The number of hydrogen-bond acceptors (Lipinski definition) is 7.